The van der Waals surface area contributed by atoms with Crippen LogP contribution in [-0.4, -0.2) is 33.5 Å². The summed E-state index contributed by atoms with van der Waals surface area (Å²) in [7, 11) is 0. The average molecular weight is 430 g/mol. The number of aromatic nitrogens is 2. The van der Waals surface area contributed by atoms with Gasteiger partial charge in [-0.05, 0) is 37.1 Å². The van der Waals surface area contributed by atoms with E-state index in [1.165, 1.54) is 11.3 Å². The molecule has 5 rings (SSSR count). The molecule has 0 unspecified atom stereocenters. The number of pyridine rings is 1. The van der Waals surface area contributed by atoms with Crippen LogP contribution in [0.1, 0.15) is 32.6 Å². The lowest BCUT2D eigenvalue weighted by Crippen LogP contribution is -2.56. The van der Waals surface area contributed by atoms with Crippen molar-refractivity contribution in [3.8, 4) is 17.2 Å². The quantitative estimate of drug-likeness (QED) is 0.520. The molecule has 8 heteroatoms. The zero-order chi connectivity index (χ0) is 21.7. The highest BCUT2D eigenvalue weighted by Gasteiger charge is 2.44. The summed E-state index contributed by atoms with van der Waals surface area (Å²) in [6.07, 6.45) is 1.68. The second-order valence-electron chi connectivity index (χ2n) is 7.66. The van der Waals surface area contributed by atoms with Crippen molar-refractivity contribution in [1.82, 2.24) is 15.0 Å². The fourth-order valence-electron chi connectivity index (χ4n) is 4.19. The molecule has 154 valence electrons. The number of benzene rings is 1. The number of amides is 1. The smallest absolute Gasteiger partial charge is 0.267 e. The van der Waals surface area contributed by atoms with Gasteiger partial charge < -0.3 is 15.2 Å². The van der Waals surface area contributed by atoms with Crippen LogP contribution in [0, 0.1) is 25.2 Å². The summed E-state index contributed by atoms with van der Waals surface area (Å²) in [6, 6.07) is 13.4. The minimum absolute atomic E-state index is 0.0404. The van der Waals surface area contributed by atoms with Crippen molar-refractivity contribution in [2.45, 2.75) is 25.8 Å². The summed E-state index contributed by atoms with van der Waals surface area (Å²) in [5.41, 5.74) is 10.5. The molecule has 0 radical (unpaired) electrons. The van der Waals surface area contributed by atoms with Crippen molar-refractivity contribution >= 4 is 33.1 Å². The van der Waals surface area contributed by atoms with E-state index in [1.807, 2.05) is 44.2 Å². The molecule has 2 N–H and O–H groups in total. The highest BCUT2D eigenvalue weighted by molar-refractivity contribution is 7.21. The van der Waals surface area contributed by atoms with Crippen LogP contribution < -0.4 is 5.73 Å². The van der Waals surface area contributed by atoms with Crippen LogP contribution in [0.3, 0.4) is 0 Å². The largest absolute Gasteiger partial charge is 0.397 e. The number of nitrogens with zero attached hydrogens (tertiary/aromatic N) is 4. The van der Waals surface area contributed by atoms with Gasteiger partial charge in [0, 0.05) is 29.6 Å². The van der Waals surface area contributed by atoms with E-state index in [2.05, 4.69) is 16.2 Å². The van der Waals surface area contributed by atoms with Gasteiger partial charge in [-0.3, -0.25) is 4.79 Å². The summed E-state index contributed by atoms with van der Waals surface area (Å²) in [5.74, 6) is 0.521. The number of thiophene rings is 1. The Morgan fingerprint density at radius 3 is 2.71 bits per heavy atom. The molecule has 1 aliphatic rings. The molecule has 1 aromatic carbocycles. The Morgan fingerprint density at radius 1 is 1.29 bits per heavy atom. The van der Waals surface area contributed by atoms with E-state index in [-0.39, 0.29) is 11.8 Å². The van der Waals surface area contributed by atoms with E-state index >= 15 is 0 Å². The Morgan fingerprint density at radius 2 is 2.06 bits per heavy atom. The number of hydrogen-bond donors (Lipinski definition) is 1. The second kappa shape index (κ2) is 7.22. The van der Waals surface area contributed by atoms with E-state index in [4.69, 9.17) is 10.3 Å². The van der Waals surface area contributed by atoms with Gasteiger partial charge in [0.1, 0.15) is 21.5 Å². The topological polar surface area (TPSA) is 109 Å². The minimum atomic E-state index is -0.532. The maximum absolute atomic E-state index is 13.1. The van der Waals surface area contributed by atoms with Crippen LogP contribution >= 0.6 is 11.3 Å². The van der Waals surface area contributed by atoms with Crippen molar-refractivity contribution in [3.05, 3.63) is 64.5 Å². The van der Waals surface area contributed by atoms with Gasteiger partial charge in [0.25, 0.3) is 5.91 Å². The normalized spacial score (nSPS) is 18.0. The van der Waals surface area contributed by atoms with Crippen LogP contribution in [0.4, 0.5) is 5.69 Å². The molecule has 0 aliphatic carbocycles. The lowest BCUT2D eigenvalue weighted by atomic mass is 9.82. The molecule has 4 heterocycles. The maximum atomic E-state index is 13.1. The summed E-state index contributed by atoms with van der Waals surface area (Å²) >= 11 is 1.27. The first kappa shape index (κ1) is 19.3. The summed E-state index contributed by atoms with van der Waals surface area (Å²) < 4.78 is 5.26. The zero-order valence-electron chi connectivity index (χ0n) is 17.0. The Kier molecular flexibility index (Phi) is 4.49. The lowest BCUT2D eigenvalue weighted by Gasteiger charge is -2.44. The summed E-state index contributed by atoms with van der Waals surface area (Å²) in [4.78, 5) is 20.2. The lowest BCUT2D eigenvalue weighted by molar-refractivity contribution is 0.0492. The monoisotopic (exact) mass is 429 g/mol. The predicted molar refractivity (Wildman–Crippen MR) is 119 cm³/mol. The number of rotatable bonds is 3. The van der Waals surface area contributed by atoms with E-state index in [0.717, 1.165) is 38.4 Å². The van der Waals surface area contributed by atoms with Gasteiger partial charge in [0.15, 0.2) is 0 Å². The first-order valence-corrected chi connectivity index (χ1v) is 10.7. The number of carbonyl (C=O) groups excluding carboxylic acids is 1. The molecule has 31 heavy (non-hydrogen) atoms. The SMILES string of the molecule is Cc1noc(C)c1-c1ccc([C@H]2CN(C(=O)c3sc4ncccc4c3N)[C@H]2C#N)cc1. The third-order valence-electron chi connectivity index (χ3n) is 5.86. The van der Waals surface area contributed by atoms with Gasteiger partial charge in [-0.2, -0.15) is 5.26 Å². The number of likely N-dealkylation sites (tertiary alicyclic amines) is 1. The minimum Gasteiger partial charge on any atom is -0.397 e. The predicted octanol–water partition coefficient (Wildman–Crippen LogP) is 4.28. The summed E-state index contributed by atoms with van der Waals surface area (Å²) in [5, 5.41) is 14.5. The van der Waals surface area contributed by atoms with Crippen LogP contribution in [0.2, 0.25) is 0 Å². The third kappa shape index (κ3) is 2.97. The number of nitrogen functional groups attached to an aromatic ring is 1. The van der Waals surface area contributed by atoms with Gasteiger partial charge in [-0.25, -0.2) is 4.98 Å². The molecule has 2 atom stereocenters. The van der Waals surface area contributed by atoms with E-state index in [1.54, 1.807) is 17.2 Å². The zero-order valence-corrected chi connectivity index (χ0v) is 17.8. The third-order valence-corrected chi connectivity index (χ3v) is 6.98. The number of carbonyl (C=O) groups is 1. The molecule has 0 saturated carbocycles. The molecular formula is C23H19N5O2S. The molecule has 1 fully saturated rings. The Balaban J connectivity index is 1.38. The Hall–Kier alpha value is -3.70. The molecule has 1 saturated heterocycles. The number of aryl methyl sites for hydroxylation is 2. The number of anilines is 1. The highest BCUT2D eigenvalue weighted by atomic mass is 32.1. The van der Waals surface area contributed by atoms with Crippen molar-refractivity contribution in [3.63, 3.8) is 0 Å². The Labute approximate surface area is 182 Å². The van der Waals surface area contributed by atoms with Gasteiger partial charge in [-0.1, -0.05) is 29.4 Å². The van der Waals surface area contributed by atoms with E-state index in [9.17, 15) is 10.1 Å². The Bertz CT molecular complexity index is 1330. The number of fused-ring (bicyclic) bond motifs is 1. The molecule has 4 aromatic rings. The molecular weight excluding hydrogens is 410 g/mol. The average Bonchev–Trinajstić information content (AvgIpc) is 3.27. The summed E-state index contributed by atoms with van der Waals surface area (Å²) in [6.45, 7) is 4.28. The van der Waals surface area contributed by atoms with E-state index in [0.29, 0.717) is 17.1 Å². The molecule has 0 spiro atoms. The highest BCUT2D eigenvalue weighted by Crippen LogP contribution is 2.39. The molecule has 7 nitrogen and oxygen atoms in total. The van der Waals surface area contributed by atoms with Gasteiger partial charge in [-0.15, -0.1) is 11.3 Å². The number of nitrogens with two attached hydrogens (primary N) is 1. The van der Waals surface area contributed by atoms with Crippen LogP contribution in [-0.2, 0) is 0 Å². The van der Waals surface area contributed by atoms with Gasteiger partial charge >= 0.3 is 0 Å². The number of nitriles is 1. The van der Waals surface area contributed by atoms with Crippen molar-refractivity contribution in [2.24, 2.45) is 0 Å². The second-order valence-corrected chi connectivity index (χ2v) is 8.66. The van der Waals surface area contributed by atoms with Crippen molar-refractivity contribution < 1.29 is 9.32 Å². The molecule has 0 bridgehead atoms. The fourth-order valence-corrected chi connectivity index (χ4v) is 5.21. The molecule has 3 aromatic heterocycles. The van der Waals surface area contributed by atoms with Crippen LogP contribution in [0.5, 0.6) is 0 Å². The van der Waals surface area contributed by atoms with Crippen molar-refractivity contribution in [1.29, 1.82) is 5.26 Å². The van der Waals surface area contributed by atoms with Gasteiger partial charge in [0.2, 0.25) is 0 Å². The molecule has 1 aliphatic heterocycles. The van der Waals surface area contributed by atoms with Crippen LogP contribution in [0.15, 0.2) is 47.1 Å². The first-order valence-electron chi connectivity index (χ1n) is 9.86. The standard InChI is InChI=1S/C23H19N5O2S/c1-12-19(13(2)30-27-12)15-7-5-14(6-8-15)17-11-28(18(17)10-24)23(29)21-20(25)16-4-3-9-26-22(16)31-21/h3-9,17-18H,11,25H2,1-2H3/t17-,18+/m1/s1. The first-order chi connectivity index (χ1) is 15.0. The van der Waals surface area contributed by atoms with Gasteiger partial charge in [0.05, 0.1) is 17.5 Å². The van der Waals surface area contributed by atoms with Crippen LogP contribution in [0.25, 0.3) is 21.3 Å². The van der Waals surface area contributed by atoms with Crippen molar-refractivity contribution in [2.75, 3.05) is 12.3 Å². The fraction of sp³-hybridized carbons (Fsp3) is 0.217. The maximum Gasteiger partial charge on any atom is 0.267 e. The number of hydrogen-bond acceptors (Lipinski definition) is 7. The molecule has 1 amide bonds. The van der Waals surface area contributed by atoms with E-state index < -0.39 is 6.04 Å².